The number of pyridine rings is 1. The van der Waals surface area contributed by atoms with Crippen LogP contribution in [0.2, 0.25) is 0 Å². The number of para-hydroxylation sites is 1. The van der Waals surface area contributed by atoms with E-state index >= 15 is 0 Å². The van der Waals surface area contributed by atoms with Gasteiger partial charge < -0.3 is 4.90 Å². The molecule has 3 rings (SSSR count). The van der Waals surface area contributed by atoms with Gasteiger partial charge in [0.1, 0.15) is 5.82 Å². The van der Waals surface area contributed by atoms with Crippen LogP contribution in [0.3, 0.4) is 0 Å². The van der Waals surface area contributed by atoms with Crippen LogP contribution < -0.4 is 4.90 Å². The van der Waals surface area contributed by atoms with E-state index in [0.29, 0.717) is 6.04 Å². The van der Waals surface area contributed by atoms with Crippen molar-refractivity contribution in [2.24, 2.45) is 0 Å². The molecule has 1 aromatic heterocycles. The number of likely N-dealkylation sites (tertiary alicyclic amines) is 1. The molecule has 3 nitrogen and oxygen atoms in total. The Morgan fingerprint density at radius 1 is 1.12 bits per heavy atom. The molecule has 0 radical (unpaired) electrons. The van der Waals surface area contributed by atoms with Gasteiger partial charge in [0.15, 0.2) is 0 Å². The summed E-state index contributed by atoms with van der Waals surface area (Å²) in [6, 6.07) is 15.4. The molecule has 2 heterocycles. The molecule has 0 bridgehead atoms. The van der Waals surface area contributed by atoms with E-state index in [2.05, 4.69) is 66.4 Å². The normalized spacial score (nSPS) is 18.5. The zero-order valence-corrected chi connectivity index (χ0v) is 15.0. The Balaban J connectivity index is 1.73. The summed E-state index contributed by atoms with van der Waals surface area (Å²) in [5.74, 6) is 1.00. The van der Waals surface area contributed by atoms with Crippen molar-refractivity contribution in [3.8, 4) is 0 Å². The van der Waals surface area contributed by atoms with E-state index < -0.39 is 0 Å². The van der Waals surface area contributed by atoms with Crippen LogP contribution in [-0.4, -0.2) is 30.0 Å². The number of benzene rings is 1. The van der Waals surface area contributed by atoms with Gasteiger partial charge in [-0.2, -0.15) is 0 Å². The molecule has 2 aromatic rings. The summed E-state index contributed by atoms with van der Waals surface area (Å²) < 4.78 is 0. The average molecular weight is 323 g/mol. The highest BCUT2D eigenvalue weighted by atomic mass is 15.2. The Kier molecular flexibility index (Phi) is 5.86. The van der Waals surface area contributed by atoms with Crippen LogP contribution in [-0.2, 0) is 0 Å². The van der Waals surface area contributed by atoms with Crippen molar-refractivity contribution in [3.63, 3.8) is 0 Å². The Labute approximate surface area is 146 Å². The standard InChI is InChI=1S/C21H29N3/c1-3-4-15-24-16-9-8-12-20(24)18-13-14-21(22-17-18)23(2)19-10-6-5-7-11-19/h5-7,10-11,13-14,17,20H,3-4,8-9,12,15-16H2,1-2H3/t20-/m1/s1. The molecule has 1 aliphatic heterocycles. The topological polar surface area (TPSA) is 19.4 Å². The summed E-state index contributed by atoms with van der Waals surface area (Å²) in [7, 11) is 2.07. The zero-order valence-electron chi connectivity index (χ0n) is 15.0. The Morgan fingerprint density at radius 2 is 1.96 bits per heavy atom. The fourth-order valence-corrected chi connectivity index (χ4v) is 3.57. The van der Waals surface area contributed by atoms with Crippen molar-refractivity contribution in [3.05, 3.63) is 54.2 Å². The van der Waals surface area contributed by atoms with Crippen molar-refractivity contribution in [1.82, 2.24) is 9.88 Å². The highest BCUT2D eigenvalue weighted by Crippen LogP contribution is 2.32. The van der Waals surface area contributed by atoms with Crippen LogP contribution in [0.15, 0.2) is 48.7 Å². The lowest BCUT2D eigenvalue weighted by Gasteiger charge is -2.36. The highest BCUT2D eigenvalue weighted by Gasteiger charge is 2.23. The SMILES string of the molecule is CCCCN1CCCC[C@@H]1c1ccc(N(C)c2ccccc2)nc1. The molecule has 128 valence electrons. The van der Waals surface area contributed by atoms with Gasteiger partial charge in [-0.15, -0.1) is 0 Å². The minimum Gasteiger partial charge on any atom is -0.329 e. The maximum atomic E-state index is 4.74. The first-order valence-corrected chi connectivity index (χ1v) is 9.28. The van der Waals surface area contributed by atoms with Crippen molar-refractivity contribution in [1.29, 1.82) is 0 Å². The maximum Gasteiger partial charge on any atom is 0.132 e. The van der Waals surface area contributed by atoms with Crippen molar-refractivity contribution >= 4 is 11.5 Å². The molecule has 3 heteroatoms. The van der Waals surface area contributed by atoms with E-state index in [-0.39, 0.29) is 0 Å². The van der Waals surface area contributed by atoms with Crippen LogP contribution in [0.25, 0.3) is 0 Å². The quantitative estimate of drug-likeness (QED) is 0.730. The minimum absolute atomic E-state index is 0.550. The first-order chi connectivity index (χ1) is 11.8. The second kappa shape index (κ2) is 8.29. The molecule has 0 saturated carbocycles. The number of piperidine rings is 1. The second-order valence-corrected chi connectivity index (χ2v) is 6.75. The van der Waals surface area contributed by atoms with Gasteiger partial charge >= 0.3 is 0 Å². The molecule has 0 N–H and O–H groups in total. The number of aromatic nitrogens is 1. The number of hydrogen-bond donors (Lipinski definition) is 0. The first kappa shape index (κ1) is 17.0. The van der Waals surface area contributed by atoms with Gasteiger partial charge in [0.05, 0.1) is 0 Å². The molecule has 1 atom stereocenters. The lowest BCUT2D eigenvalue weighted by atomic mass is 9.96. The molecular formula is C21H29N3. The summed E-state index contributed by atoms with van der Waals surface area (Å²) in [5.41, 5.74) is 2.54. The second-order valence-electron chi connectivity index (χ2n) is 6.75. The smallest absolute Gasteiger partial charge is 0.132 e. The Hall–Kier alpha value is -1.87. The van der Waals surface area contributed by atoms with E-state index in [0.717, 1.165) is 5.82 Å². The molecule has 0 spiro atoms. The molecule has 0 amide bonds. The monoisotopic (exact) mass is 323 g/mol. The number of anilines is 2. The van der Waals surface area contributed by atoms with Crippen LogP contribution in [0, 0.1) is 0 Å². The third-order valence-corrected chi connectivity index (χ3v) is 5.06. The van der Waals surface area contributed by atoms with Crippen LogP contribution in [0.1, 0.15) is 50.6 Å². The predicted octanol–water partition coefficient (Wildman–Crippen LogP) is 5.18. The number of hydrogen-bond acceptors (Lipinski definition) is 3. The van der Waals surface area contributed by atoms with Gasteiger partial charge in [-0.1, -0.05) is 44.0 Å². The first-order valence-electron chi connectivity index (χ1n) is 9.28. The van der Waals surface area contributed by atoms with Gasteiger partial charge in [-0.3, -0.25) is 4.90 Å². The molecule has 24 heavy (non-hydrogen) atoms. The van der Waals surface area contributed by atoms with E-state index in [1.807, 2.05) is 6.07 Å². The third-order valence-electron chi connectivity index (χ3n) is 5.06. The number of unbranched alkanes of at least 4 members (excludes halogenated alkanes) is 1. The Bertz CT molecular complexity index is 609. The zero-order chi connectivity index (χ0) is 16.8. The van der Waals surface area contributed by atoms with Gasteiger partial charge in [0.2, 0.25) is 0 Å². The molecule has 1 fully saturated rings. The molecule has 0 unspecified atom stereocenters. The largest absolute Gasteiger partial charge is 0.329 e. The predicted molar refractivity (Wildman–Crippen MR) is 102 cm³/mol. The summed E-state index contributed by atoms with van der Waals surface area (Å²) in [5, 5.41) is 0. The van der Waals surface area contributed by atoms with Crippen LogP contribution in [0.4, 0.5) is 11.5 Å². The number of rotatable bonds is 6. The fraction of sp³-hybridized carbons (Fsp3) is 0.476. The van der Waals surface area contributed by atoms with E-state index in [1.165, 1.54) is 56.4 Å². The highest BCUT2D eigenvalue weighted by molar-refractivity contribution is 5.58. The van der Waals surface area contributed by atoms with E-state index in [1.54, 1.807) is 0 Å². The van der Waals surface area contributed by atoms with E-state index in [4.69, 9.17) is 4.98 Å². The summed E-state index contributed by atoms with van der Waals surface area (Å²) in [6.45, 7) is 4.72. The van der Waals surface area contributed by atoms with E-state index in [9.17, 15) is 0 Å². The van der Waals surface area contributed by atoms with Crippen LogP contribution >= 0.6 is 0 Å². The Morgan fingerprint density at radius 3 is 2.67 bits per heavy atom. The molecular weight excluding hydrogens is 294 g/mol. The summed E-state index contributed by atoms with van der Waals surface area (Å²) in [4.78, 5) is 9.54. The van der Waals surface area contributed by atoms with Crippen molar-refractivity contribution in [2.45, 2.75) is 45.1 Å². The minimum atomic E-state index is 0.550. The lowest BCUT2D eigenvalue weighted by molar-refractivity contribution is 0.146. The molecule has 0 aliphatic carbocycles. The average Bonchev–Trinajstić information content (AvgIpc) is 2.67. The lowest BCUT2D eigenvalue weighted by Crippen LogP contribution is -2.34. The summed E-state index contributed by atoms with van der Waals surface area (Å²) in [6.07, 6.45) is 8.57. The maximum absolute atomic E-state index is 4.74. The van der Waals surface area contributed by atoms with Gasteiger partial charge in [0, 0.05) is 25.0 Å². The van der Waals surface area contributed by atoms with Crippen LogP contribution in [0.5, 0.6) is 0 Å². The summed E-state index contributed by atoms with van der Waals surface area (Å²) >= 11 is 0. The van der Waals surface area contributed by atoms with Crippen molar-refractivity contribution in [2.75, 3.05) is 25.0 Å². The molecule has 1 aromatic carbocycles. The molecule has 1 aliphatic rings. The van der Waals surface area contributed by atoms with Gasteiger partial charge in [-0.25, -0.2) is 4.98 Å². The third kappa shape index (κ3) is 3.96. The van der Waals surface area contributed by atoms with Gasteiger partial charge in [-0.05, 0) is 56.1 Å². The van der Waals surface area contributed by atoms with Gasteiger partial charge in [0.25, 0.3) is 0 Å². The number of nitrogens with zero attached hydrogens (tertiary/aromatic N) is 3. The fourth-order valence-electron chi connectivity index (χ4n) is 3.57. The van der Waals surface area contributed by atoms with Crippen molar-refractivity contribution < 1.29 is 0 Å². The molecule has 1 saturated heterocycles.